The fourth-order valence-corrected chi connectivity index (χ4v) is 4.68. The maximum Gasteiger partial charge on any atom is 0.141 e. The molecule has 0 N–H and O–H groups in total. The predicted octanol–water partition coefficient (Wildman–Crippen LogP) is 4.60. The van der Waals surface area contributed by atoms with E-state index in [1.807, 2.05) is 11.3 Å². The first-order valence-electron chi connectivity index (χ1n) is 8.41. The van der Waals surface area contributed by atoms with Crippen molar-refractivity contribution in [1.29, 1.82) is 0 Å². The molecule has 4 heteroatoms. The molecule has 2 aromatic heterocycles. The van der Waals surface area contributed by atoms with Gasteiger partial charge in [0.25, 0.3) is 0 Å². The molecule has 118 valence electrons. The molecule has 3 aromatic rings. The number of benzene rings is 1. The second kappa shape index (κ2) is 6.28. The lowest BCUT2D eigenvalue weighted by atomic mass is 9.97. The summed E-state index contributed by atoms with van der Waals surface area (Å²) in [6.45, 7) is 4.05. The zero-order valence-electron chi connectivity index (χ0n) is 13.5. The normalized spacial score (nSPS) is 14.0. The summed E-state index contributed by atoms with van der Waals surface area (Å²) in [4.78, 5) is 14.3. The van der Waals surface area contributed by atoms with E-state index in [1.165, 1.54) is 47.1 Å². The minimum absolute atomic E-state index is 0.897. The van der Waals surface area contributed by atoms with Gasteiger partial charge in [-0.25, -0.2) is 9.97 Å². The number of thiophene rings is 1. The zero-order chi connectivity index (χ0) is 15.6. The van der Waals surface area contributed by atoms with Crippen LogP contribution in [0.4, 0.5) is 5.82 Å². The lowest BCUT2D eigenvalue weighted by molar-refractivity contribution is 0.699. The number of aryl methyl sites for hydroxylation is 2. The molecule has 0 radical (unpaired) electrons. The molecule has 0 fully saturated rings. The number of anilines is 1. The SMILES string of the molecule is CCN(Cc1ccccc1)c1ncnc2sc3c(c12)CCCC3. The fourth-order valence-electron chi connectivity index (χ4n) is 3.45. The molecular formula is C19H21N3S. The third-order valence-electron chi connectivity index (χ3n) is 4.63. The average molecular weight is 323 g/mol. The molecule has 23 heavy (non-hydrogen) atoms. The Kier molecular flexibility index (Phi) is 4.00. The van der Waals surface area contributed by atoms with E-state index < -0.39 is 0 Å². The van der Waals surface area contributed by atoms with Gasteiger partial charge in [0, 0.05) is 18.0 Å². The monoisotopic (exact) mass is 323 g/mol. The van der Waals surface area contributed by atoms with Crippen LogP contribution in [-0.2, 0) is 19.4 Å². The molecule has 0 bridgehead atoms. The molecule has 1 aliphatic rings. The van der Waals surface area contributed by atoms with E-state index >= 15 is 0 Å². The van der Waals surface area contributed by atoms with Crippen LogP contribution in [-0.4, -0.2) is 16.5 Å². The Labute approximate surface area is 141 Å². The van der Waals surface area contributed by atoms with Gasteiger partial charge in [0.15, 0.2) is 0 Å². The summed E-state index contributed by atoms with van der Waals surface area (Å²) < 4.78 is 0. The summed E-state index contributed by atoms with van der Waals surface area (Å²) in [6, 6.07) is 10.6. The van der Waals surface area contributed by atoms with Crippen molar-refractivity contribution in [3.8, 4) is 0 Å². The smallest absolute Gasteiger partial charge is 0.141 e. The van der Waals surface area contributed by atoms with Gasteiger partial charge in [-0.2, -0.15) is 0 Å². The van der Waals surface area contributed by atoms with Crippen LogP contribution in [0.25, 0.3) is 10.2 Å². The molecule has 1 aromatic carbocycles. The molecule has 0 aliphatic heterocycles. The Balaban J connectivity index is 1.78. The Morgan fingerprint density at radius 3 is 2.74 bits per heavy atom. The quantitative estimate of drug-likeness (QED) is 0.703. The molecule has 4 rings (SSSR count). The van der Waals surface area contributed by atoms with Crippen LogP contribution >= 0.6 is 11.3 Å². The number of aromatic nitrogens is 2. The summed E-state index contributed by atoms with van der Waals surface area (Å²) in [5.74, 6) is 1.11. The number of nitrogens with zero attached hydrogens (tertiary/aromatic N) is 3. The van der Waals surface area contributed by atoms with Crippen molar-refractivity contribution in [3.63, 3.8) is 0 Å². The van der Waals surface area contributed by atoms with E-state index in [-0.39, 0.29) is 0 Å². The number of rotatable bonds is 4. The van der Waals surface area contributed by atoms with Gasteiger partial charge in [-0.1, -0.05) is 30.3 Å². The third-order valence-corrected chi connectivity index (χ3v) is 5.83. The first-order chi connectivity index (χ1) is 11.4. The van der Waals surface area contributed by atoms with E-state index in [2.05, 4.69) is 52.1 Å². The van der Waals surface area contributed by atoms with Crippen molar-refractivity contribution in [2.24, 2.45) is 0 Å². The van der Waals surface area contributed by atoms with Gasteiger partial charge in [-0.15, -0.1) is 11.3 Å². The zero-order valence-corrected chi connectivity index (χ0v) is 14.3. The number of fused-ring (bicyclic) bond motifs is 3. The lowest BCUT2D eigenvalue weighted by Crippen LogP contribution is -2.23. The van der Waals surface area contributed by atoms with Crippen molar-refractivity contribution < 1.29 is 0 Å². The third kappa shape index (κ3) is 2.72. The maximum absolute atomic E-state index is 4.68. The second-order valence-electron chi connectivity index (χ2n) is 6.09. The van der Waals surface area contributed by atoms with Crippen LogP contribution in [0.5, 0.6) is 0 Å². The van der Waals surface area contributed by atoms with Gasteiger partial charge in [-0.05, 0) is 43.7 Å². The Hall–Kier alpha value is -1.94. The summed E-state index contributed by atoms with van der Waals surface area (Å²) in [5.41, 5.74) is 2.84. The molecule has 0 atom stereocenters. The van der Waals surface area contributed by atoms with Crippen LogP contribution < -0.4 is 4.90 Å². The summed E-state index contributed by atoms with van der Waals surface area (Å²) >= 11 is 1.87. The van der Waals surface area contributed by atoms with E-state index in [0.29, 0.717) is 0 Å². The van der Waals surface area contributed by atoms with Crippen LogP contribution in [0.15, 0.2) is 36.7 Å². The average Bonchev–Trinajstić information content (AvgIpc) is 2.99. The number of hydrogen-bond acceptors (Lipinski definition) is 4. The van der Waals surface area contributed by atoms with Crippen molar-refractivity contribution in [2.75, 3.05) is 11.4 Å². The highest BCUT2D eigenvalue weighted by Crippen LogP contribution is 2.39. The Bertz CT molecular complexity index is 810. The van der Waals surface area contributed by atoms with Gasteiger partial charge in [0.1, 0.15) is 17.0 Å². The maximum atomic E-state index is 4.68. The second-order valence-corrected chi connectivity index (χ2v) is 7.17. The van der Waals surface area contributed by atoms with E-state index in [4.69, 9.17) is 0 Å². The van der Waals surface area contributed by atoms with Gasteiger partial charge in [0.2, 0.25) is 0 Å². The van der Waals surface area contributed by atoms with Gasteiger partial charge < -0.3 is 4.90 Å². The first-order valence-corrected chi connectivity index (χ1v) is 9.22. The molecule has 0 unspecified atom stereocenters. The largest absolute Gasteiger partial charge is 0.352 e. The van der Waals surface area contributed by atoms with E-state index in [1.54, 1.807) is 6.33 Å². The molecule has 1 aliphatic carbocycles. The van der Waals surface area contributed by atoms with Gasteiger partial charge in [0.05, 0.1) is 5.39 Å². The topological polar surface area (TPSA) is 29.0 Å². The van der Waals surface area contributed by atoms with Crippen LogP contribution in [0.1, 0.15) is 35.8 Å². The highest BCUT2D eigenvalue weighted by atomic mass is 32.1. The molecule has 0 amide bonds. The summed E-state index contributed by atoms with van der Waals surface area (Å²) in [5, 5.41) is 1.31. The summed E-state index contributed by atoms with van der Waals surface area (Å²) in [6.07, 6.45) is 6.72. The van der Waals surface area contributed by atoms with Crippen molar-refractivity contribution in [2.45, 2.75) is 39.2 Å². The molecule has 0 saturated heterocycles. The van der Waals surface area contributed by atoms with Gasteiger partial charge in [-0.3, -0.25) is 0 Å². The van der Waals surface area contributed by atoms with Crippen molar-refractivity contribution >= 4 is 27.4 Å². The highest BCUT2D eigenvalue weighted by molar-refractivity contribution is 7.19. The number of hydrogen-bond donors (Lipinski definition) is 0. The van der Waals surface area contributed by atoms with Crippen LogP contribution in [0.2, 0.25) is 0 Å². The first kappa shape index (κ1) is 14.6. The minimum Gasteiger partial charge on any atom is -0.352 e. The summed E-state index contributed by atoms with van der Waals surface area (Å²) in [7, 11) is 0. The Morgan fingerprint density at radius 2 is 1.91 bits per heavy atom. The molecule has 3 nitrogen and oxygen atoms in total. The fraction of sp³-hybridized carbons (Fsp3) is 0.368. The van der Waals surface area contributed by atoms with Crippen LogP contribution in [0.3, 0.4) is 0 Å². The standard InChI is InChI=1S/C19H21N3S/c1-2-22(12-14-8-4-3-5-9-14)18-17-15-10-6-7-11-16(15)23-19(17)21-13-20-18/h3-5,8-9,13H,2,6-7,10-12H2,1H3. The highest BCUT2D eigenvalue weighted by Gasteiger charge is 2.22. The predicted molar refractivity (Wildman–Crippen MR) is 97.2 cm³/mol. The van der Waals surface area contributed by atoms with Crippen molar-refractivity contribution in [3.05, 3.63) is 52.7 Å². The van der Waals surface area contributed by atoms with E-state index in [0.717, 1.165) is 23.7 Å². The Morgan fingerprint density at radius 1 is 1.09 bits per heavy atom. The lowest BCUT2D eigenvalue weighted by Gasteiger charge is -2.23. The molecule has 0 spiro atoms. The van der Waals surface area contributed by atoms with Gasteiger partial charge >= 0.3 is 0 Å². The van der Waals surface area contributed by atoms with Crippen molar-refractivity contribution in [1.82, 2.24) is 9.97 Å². The molecule has 2 heterocycles. The molecular weight excluding hydrogens is 302 g/mol. The molecule has 0 saturated carbocycles. The van der Waals surface area contributed by atoms with E-state index in [9.17, 15) is 0 Å². The van der Waals surface area contributed by atoms with Crippen LogP contribution in [0, 0.1) is 0 Å². The minimum atomic E-state index is 0.897.